The van der Waals surface area contributed by atoms with Crippen molar-refractivity contribution in [1.82, 2.24) is 0 Å². The molecule has 5 nitrogen and oxygen atoms in total. The number of nitrogens with one attached hydrogen (secondary N) is 1. The van der Waals surface area contributed by atoms with Crippen LogP contribution >= 0.6 is 11.8 Å². The van der Waals surface area contributed by atoms with Crippen LogP contribution < -0.4 is 5.32 Å². The number of carbonyl (C=O) groups is 1. The van der Waals surface area contributed by atoms with Crippen molar-refractivity contribution >= 4 is 29.0 Å². The van der Waals surface area contributed by atoms with Crippen LogP contribution in [0.2, 0.25) is 0 Å². The smallest absolute Gasteiger partial charge is 0.269 e. The number of nitrogens with zero attached hydrogens (tertiary/aromatic N) is 1. The fourth-order valence-corrected chi connectivity index (χ4v) is 3.47. The van der Waals surface area contributed by atoms with E-state index < -0.39 is 4.92 Å². The first-order chi connectivity index (χ1) is 10.1. The first-order valence-electron chi connectivity index (χ1n) is 6.43. The average Bonchev–Trinajstić information content (AvgIpc) is 2.65. The highest BCUT2D eigenvalue weighted by molar-refractivity contribution is 7.99. The molecule has 1 atom stereocenters. The Balaban J connectivity index is 1.91. The standard InChI is InChI=1S/C15H12N2O3S/c18-15-9-14(10-5-7-11(8-6-10)17(19)20)21-13-4-2-1-3-12(13)16-15/h1-8,14H,9H2,(H,16,18). The van der Waals surface area contributed by atoms with E-state index in [9.17, 15) is 14.9 Å². The van der Waals surface area contributed by atoms with Gasteiger partial charge in [0.2, 0.25) is 5.91 Å². The number of hydrogen-bond donors (Lipinski definition) is 1. The van der Waals surface area contributed by atoms with E-state index in [1.807, 2.05) is 24.3 Å². The van der Waals surface area contributed by atoms with Gasteiger partial charge in [-0.05, 0) is 17.7 Å². The van der Waals surface area contributed by atoms with Crippen molar-refractivity contribution in [2.45, 2.75) is 16.6 Å². The number of nitro benzene ring substituents is 1. The first kappa shape index (κ1) is 13.6. The van der Waals surface area contributed by atoms with E-state index in [0.717, 1.165) is 16.1 Å². The molecule has 1 heterocycles. The zero-order valence-corrected chi connectivity index (χ0v) is 11.8. The van der Waals surface area contributed by atoms with Gasteiger partial charge >= 0.3 is 0 Å². The van der Waals surface area contributed by atoms with Gasteiger partial charge in [-0.3, -0.25) is 14.9 Å². The molecule has 1 unspecified atom stereocenters. The number of fused-ring (bicyclic) bond motifs is 1. The normalized spacial score (nSPS) is 17.5. The minimum atomic E-state index is -0.425. The third-order valence-corrected chi connectivity index (χ3v) is 4.61. The predicted molar refractivity (Wildman–Crippen MR) is 81.4 cm³/mol. The molecular formula is C15H12N2O3S. The second-order valence-electron chi connectivity index (χ2n) is 4.70. The summed E-state index contributed by atoms with van der Waals surface area (Å²) in [5.41, 5.74) is 1.79. The largest absolute Gasteiger partial charge is 0.325 e. The van der Waals surface area contributed by atoms with Crippen molar-refractivity contribution in [2.75, 3.05) is 5.32 Å². The van der Waals surface area contributed by atoms with Gasteiger partial charge in [0, 0.05) is 28.7 Å². The molecule has 1 aliphatic rings. The summed E-state index contributed by atoms with van der Waals surface area (Å²) in [5, 5.41) is 13.5. The van der Waals surface area contributed by atoms with E-state index in [0.29, 0.717) is 6.42 Å². The number of hydrogen-bond acceptors (Lipinski definition) is 4. The van der Waals surface area contributed by atoms with Gasteiger partial charge in [-0.25, -0.2) is 0 Å². The van der Waals surface area contributed by atoms with E-state index in [1.54, 1.807) is 23.9 Å². The summed E-state index contributed by atoms with van der Waals surface area (Å²) in [4.78, 5) is 23.2. The highest BCUT2D eigenvalue weighted by Crippen LogP contribution is 2.43. The van der Waals surface area contributed by atoms with Gasteiger partial charge in [-0.1, -0.05) is 24.3 Å². The van der Waals surface area contributed by atoms with Gasteiger partial charge in [-0.15, -0.1) is 11.8 Å². The summed E-state index contributed by atoms with van der Waals surface area (Å²) in [6.07, 6.45) is 0.344. The Bertz CT molecular complexity index is 700. The monoisotopic (exact) mass is 300 g/mol. The lowest BCUT2D eigenvalue weighted by atomic mass is 10.1. The Morgan fingerprint density at radius 3 is 2.57 bits per heavy atom. The van der Waals surface area contributed by atoms with Crippen molar-refractivity contribution in [2.24, 2.45) is 0 Å². The van der Waals surface area contributed by atoms with E-state index in [2.05, 4.69) is 5.32 Å². The van der Waals surface area contributed by atoms with Gasteiger partial charge in [0.15, 0.2) is 0 Å². The lowest BCUT2D eigenvalue weighted by molar-refractivity contribution is -0.384. The van der Waals surface area contributed by atoms with Crippen LogP contribution in [0.1, 0.15) is 17.2 Å². The van der Waals surface area contributed by atoms with Crippen LogP contribution in [0.25, 0.3) is 0 Å². The molecule has 21 heavy (non-hydrogen) atoms. The van der Waals surface area contributed by atoms with E-state index in [1.165, 1.54) is 12.1 Å². The Kier molecular flexibility index (Phi) is 3.62. The highest BCUT2D eigenvalue weighted by atomic mass is 32.2. The lowest BCUT2D eigenvalue weighted by Gasteiger charge is -2.13. The molecule has 1 amide bonds. The number of nitro groups is 1. The van der Waals surface area contributed by atoms with Gasteiger partial charge in [0.25, 0.3) is 5.69 Å². The molecule has 0 aliphatic carbocycles. The minimum absolute atomic E-state index is 0.0456. The van der Waals surface area contributed by atoms with Crippen LogP contribution in [-0.4, -0.2) is 10.8 Å². The maximum atomic E-state index is 12.0. The second kappa shape index (κ2) is 5.57. The topological polar surface area (TPSA) is 72.2 Å². The molecule has 106 valence electrons. The summed E-state index contributed by atoms with van der Waals surface area (Å²) in [6, 6.07) is 14.0. The summed E-state index contributed by atoms with van der Waals surface area (Å²) in [6.45, 7) is 0. The molecule has 0 bridgehead atoms. The molecule has 0 fully saturated rings. The number of rotatable bonds is 2. The SMILES string of the molecule is O=C1CC(c2ccc([N+](=O)[O-])cc2)Sc2ccccc2N1. The second-order valence-corrected chi connectivity index (χ2v) is 5.95. The Hall–Kier alpha value is -2.34. The van der Waals surface area contributed by atoms with Gasteiger partial charge < -0.3 is 5.32 Å². The molecule has 2 aromatic rings. The van der Waals surface area contributed by atoms with Crippen LogP contribution in [-0.2, 0) is 4.79 Å². The van der Waals surface area contributed by atoms with Crippen LogP contribution in [0.3, 0.4) is 0 Å². The van der Waals surface area contributed by atoms with Gasteiger partial charge in [-0.2, -0.15) is 0 Å². The molecule has 0 aromatic heterocycles. The van der Waals surface area contributed by atoms with E-state index in [4.69, 9.17) is 0 Å². The van der Waals surface area contributed by atoms with Crippen molar-refractivity contribution in [1.29, 1.82) is 0 Å². The fourth-order valence-electron chi connectivity index (χ4n) is 2.23. The molecule has 0 radical (unpaired) electrons. The molecule has 2 aromatic carbocycles. The Morgan fingerprint density at radius 1 is 1.14 bits per heavy atom. The summed E-state index contributed by atoms with van der Waals surface area (Å²) in [5.74, 6) is -0.0456. The van der Waals surface area contributed by atoms with Gasteiger partial charge in [0.05, 0.1) is 10.6 Å². The number of thioether (sulfide) groups is 1. The predicted octanol–water partition coefficient (Wildman–Crippen LogP) is 3.77. The maximum Gasteiger partial charge on any atom is 0.269 e. The van der Waals surface area contributed by atoms with Crippen molar-refractivity contribution < 1.29 is 9.72 Å². The minimum Gasteiger partial charge on any atom is -0.325 e. The fraction of sp³-hybridized carbons (Fsp3) is 0.133. The number of carbonyl (C=O) groups excluding carboxylic acids is 1. The number of anilines is 1. The Labute approximate surface area is 125 Å². The zero-order valence-electron chi connectivity index (χ0n) is 11.0. The molecular weight excluding hydrogens is 288 g/mol. The highest BCUT2D eigenvalue weighted by Gasteiger charge is 2.23. The van der Waals surface area contributed by atoms with Gasteiger partial charge in [0.1, 0.15) is 0 Å². The molecule has 6 heteroatoms. The lowest BCUT2D eigenvalue weighted by Crippen LogP contribution is -2.11. The molecule has 0 saturated carbocycles. The Morgan fingerprint density at radius 2 is 1.86 bits per heavy atom. The molecule has 1 aliphatic heterocycles. The van der Waals surface area contributed by atoms with Crippen LogP contribution in [0, 0.1) is 10.1 Å². The first-order valence-corrected chi connectivity index (χ1v) is 7.31. The van der Waals surface area contributed by atoms with Crippen LogP contribution in [0.4, 0.5) is 11.4 Å². The van der Waals surface area contributed by atoms with Crippen LogP contribution in [0.15, 0.2) is 53.4 Å². The summed E-state index contributed by atoms with van der Waals surface area (Å²) < 4.78 is 0. The summed E-state index contributed by atoms with van der Waals surface area (Å²) in [7, 11) is 0. The van der Waals surface area contributed by atoms with E-state index in [-0.39, 0.29) is 16.8 Å². The number of non-ortho nitro benzene ring substituents is 1. The maximum absolute atomic E-state index is 12.0. The molecule has 1 N–H and O–H groups in total. The zero-order chi connectivity index (χ0) is 14.8. The van der Waals surface area contributed by atoms with Crippen molar-refractivity contribution in [3.05, 3.63) is 64.2 Å². The van der Waals surface area contributed by atoms with Crippen LogP contribution in [0.5, 0.6) is 0 Å². The van der Waals surface area contributed by atoms with Crippen molar-refractivity contribution in [3.63, 3.8) is 0 Å². The molecule has 0 spiro atoms. The average molecular weight is 300 g/mol. The number of amides is 1. The summed E-state index contributed by atoms with van der Waals surface area (Å²) >= 11 is 1.60. The molecule has 3 rings (SSSR count). The molecule has 0 saturated heterocycles. The third kappa shape index (κ3) is 2.90. The number of benzene rings is 2. The number of para-hydroxylation sites is 1. The van der Waals surface area contributed by atoms with E-state index >= 15 is 0 Å². The third-order valence-electron chi connectivity index (χ3n) is 3.28. The van der Waals surface area contributed by atoms with Crippen molar-refractivity contribution in [3.8, 4) is 0 Å². The quantitative estimate of drug-likeness (QED) is 0.677.